The smallest absolute Gasteiger partial charge is 0.256 e. The normalized spacial score (nSPS) is 12.3. The molecule has 0 fully saturated rings. The van der Waals surface area contributed by atoms with E-state index in [1.165, 1.54) is 11.3 Å². The topological polar surface area (TPSA) is 80.3 Å². The third-order valence-corrected chi connectivity index (χ3v) is 7.57. The highest BCUT2D eigenvalue weighted by atomic mass is 35.5. The number of amides is 2. The third-order valence-electron chi connectivity index (χ3n) is 5.81. The van der Waals surface area contributed by atoms with Gasteiger partial charge < -0.3 is 15.4 Å². The maximum atomic E-state index is 13.1. The van der Waals surface area contributed by atoms with Crippen molar-refractivity contribution in [1.82, 2.24) is 10.3 Å². The van der Waals surface area contributed by atoms with Crippen LogP contribution in [0.1, 0.15) is 69.3 Å². The maximum absolute atomic E-state index is 13.1. The number of benzene rings is 1. The number of hydrogen-bond donors (Lipinski definition) is 2. The SMILES string of the molecule is CCCCCOc1c(Cl)cc(C(=O)Nc2sc3c(c2C(=O)NCc2cccnc2)CCC3)cc1Cl. The molecule has 3 aromatic rings. The van der Waals surface area contributed by atoms with Gasteiger partial charge in [-0.15, -0.1) is 11.3 Å². The van der Waals surface area contributed by atoms with Gasteiger partial charge in [0.05, 0.1) is 22.2 Å². The number of nitrogens with one attached hydrogen (secondary N) is 2. The van der Waals surface area contributed by atoms with Gasteiger partial charge >= 0.3 is 0 Å². The molecule has 1 aromatic carbocycles. The summed E-state index contributed by atoms with van der Waals surface area (Å²) in [6, 6.07) is 6.81. The zero-order valence-corrected chi connectivity index (χ0v) is 21.8. The second kappa shape index (κ2) is 11.9. The molecule has 0 atom stereocenters. The van der Waals surface area contributed by atoms with Crippen molar-refractivity contribution in [3.05, 3.63) is 73.8 Å². The molecule has 0 saturated carbocycles. The van der Waals surface area contributed by atoms with Gasteiger partial charge in [0.15, 0.2) is 5.75 Å². The van der Waals surface area contributed by atoms with E-state index in [1.807, 2.05) is 12.1 Å². The molecule has 2 amide bonds. The number of carbonyl (C=O) groups is 2. The summed E-state index contributed by atoms with van der Waals surface area (Å²) in [5, 5.41) is 6.97. The van der Waals surface area contributed by atoms with Gasteiger partial charge in [-0.25, -0.2) is 0 Å². The molecule has 9 heteroatoms. The molecule has 0 radical (unpaired) electrons. The summed E-state index contributed by atoms with van der Waals surface area (Å²) in [5.41, 5.74) is 2.75. The average molecular weight is 532 g/mol. The predicted molar refractivity (Wildman–Crippen MR) is 141 cm³/mol. The van der Waals surface area contributed by atoms with Crippen molar-refractivity contribution >= 4 is 51.4 Å². The Balaban J connectivity index is 1.50. The first kappa shape index (κ1) is 25.5. The van der Waals surface area contributed by atoms with Gasteiger partial charge in [0.25, 0.3) is 11.8 Å². The van der Waals surface area contributed by atoms with Gasteiger partial charge in [-0.2, -0.15) is 0 Å². The Morgan fingerprint density at radius 3 is 2.66 bits per heavy atom. The van der Waals surface area contributed by atoms with Crippen molar-refractivity contribution in [3.8, 4) is 5.75 Å². The van der Waals surface area contributed by atoms with Crippen molar-refractivity contribution < 1.29 is 14.3 Å². The lowest BCUT2D eigenvalue weighted by Crippen LogP contribution is -2.25. The second-order valence-corrected chi connectivity index (χ2v) is 10.3. The van der Waals surface area contributed by atoms with Gasteiger partial charge in [-0.05, 0) is 55.0 Å². The van der Waals surface area contributed by atoms with E-state index >= 15 is 0 Å². The summed E-state index contributed by atoms with van der Waals surface area (Å²) < 4.78 is 5.73. The van der Waals surface area contributed by atoms with Gasteiger partial charge in [0.1, 0.15) is 5.00 Å². The summed E-state index contributed by atoms with van der Waals surface area (Å²) in [6.07, 6.45) is 9.17. The Hall–Kier alpha value is -2.61. The molecule has 6 nitrogen and oxygen atoms in total. The van der Waals surface area contributed by atoms with Crippen molar-refractivity contribution in [3.63, 3.8) is 0 Å². The van der Waals surface area contributed by atoms with Crippen LogP contribution in [0, 0.1) is 0 Å². The number of aryl methyl sites for hydroxylation is 1. The average Bonchev–Trinajstić information content (AvgIpc) is 3.43. The van der Waals surface area contributed by atoms with E-state index in [0.29, 0.717) is 35.0 Å². The van der Waals surface area contributed by atoms with Crippen LogP contribution < -0.4 is 15.4 Å². The van der Waals surface area contributed by atoms with Crippen molar-refractivity contribution in [2.24, 2.45) is 0 Å². The van der Waals surface area contributed by atoms with Gasteiger partial charge in [0, 0.05) is 29.4 Å². The molecule has 0 bridgehead atoms. The summed E-state index contributed by atoms with van der Waals surface area (Å²) >= 11 is 14.2. The minimum Gasteiger partial charge on any atom is -0.490 e. The molecule has 184 valence electrons. The minimum absolute atomic E-state index is 0.213. The van der Waals surface area contributed by atoms with Crippen LogP contribution in [0.5, 0.6) is 5.75 Å². The third kappa shape index (κ3) is 6.15. The van der Waals surface area contributed by atoms with E-state index in [0.717, 1.165) is 54.5 Å². The molecular weight excluding hydrogens is 505 g/mol. The molecule has 1 aliphatic carbocycles. The number of thiophene rings is 1. The van der Waals surface area contributed by atoms with E-state index in [2.05, 4.69) is 22.5 Å². The lowest BCUT2D eigenvalue weighted by molar-refractivity contribution is 0.0951. The lowest BCUT2D eigenvalue weighted by Gasteiger charge is -2.13. The summed E-state index contributed by atoms with van der Waals surface area (Å²) in [7, 11) is 0. The Morgan fingerprint density at radius 2 is 1.94 bits per heavy atom. The fraction of sp³-hybridized carbons (Fsp3) is 0.346. The number of nitrogens with zero attached hydrogens (tertiary/aromatic N) is 1. The summed E-state index contributed by atoms with van der Waals surface area (Å²) in [5.74, 6) is -0.213. The van der Waals surface area contributed by atoms with Crippen LogP contribution in [0.2, 0.25) is 10.0 Å². The number of unbranched alkanes of at least 4 members (excludes halogenated alkanes) is 2. The van der Waals surface area contributed by atoms with Crippen LogP contribution in [-0.2, 0) is 19.4 Å². The van der Waals surface area contributed by atoms with Gasteiger partial charge in [-0.1, -0.05) is 49.0 Å². The van der Waals surface area contributed by atoms with Crippen LogP contribution >= 0.6 is 34.5 Å². The quantitative estimate of drug-likeness (QED) is 0.285. The molecule has 4 rings (SSSR count). The Labute approximate surface area is 219 Å². The first-order valence-corrected chi connectivity index (χ1v) is 13.3. The highest BCUT2D eigenvalue weighted by Gasteiger charge is 2.28. The molecule has 0 spiro atoms. The van der Waals surface area contributed by atoms with E-state index in [-0.39, 0.29) is 21.9 Å². The molecule has 0 unspecified atom stereocenters. The highest BCUT2D eigenvalue weighted by Crippen LogP contribution is 2.40. The first-order valence-electron chi connectivity index (χ1n) is 11.7. The Morgan fingerprint density at radius 1 is 1.14 bits per heavy atom. The molecule has 2 heterocycles. The number of pyridine rings is 1. The van der Waals surface area contributed by atoms with Crippen LogP contribution in [0.25, 0.3) is 0 Å². The predicted octanol–water partition coefficient (Wildman–Crippen LogP) is 6.69. The fourth-order valence-electron chi connectivity index (χ4n) is 4.04. The zero-order valence-electron chi connectivity index (χ0n) is 19.5. The number of ether oxygens (including phenoxy) is 1. The number of carbonyl (C=O) groups excluding carboxylic acids is 2. The van der Waals surface area contributed by atoms with E-state index in [9.17, 15) is 9.59 Å². The molecule has 2 N–H and O–H groups in total. The number of fused-ring (bicyclic) bond motifs is 1. The molecule has 0 aliphatic heterocycles. The Bertz CT molecular complexity index is 1190. The molecule has 35 heavy (non-hydrogen) atoms. The number of aromatic nitrogens is 1. The standard InChI is InChI=1S/C26H27Cl2N3O3S/c1-2-3-4-11-34-23-19(27)12-17(13-20(23)28)24(32)31-26-22(18-8-5-9-21(18)35-26)25(33)30-15-16-7-6-10-29-14-16/h6-7,10,12-14H,2-5,8-9,11,15H2,1H3,(H,30,33)(H,31,32). The lowest BCUT2D eigenvalue weighted by atomic mass is 10.1. The van der Waals surface area contributed by atoms with Crippen molar-refractivity contribution in [2.75, 3.05) is 11.9 Å². The van der Waals surface area contributed by atoms with Crippen LogP contribution in [0.4, 0.5) is 5.00 Å². The Kier molecular flexibility index (Phi) is 8.65. The monoisotopic (exact) mass is 531 g/mol. The fourth-order valence-corrected chi connectivity index (χ4v) is 5.91. The molecule has 0 saturated heterocycles. The van der Waals surface area contributed by atoms with Crippen LogP contribution in [0.15, 0.2) is 36.7 Å². The number of anilines is 1. The van der Waals surface area contributed by atoms with Crippen LogP contribution in [-0.4, -0.2) is 23.4 Å². The van der Waals surface area contributed by atoms with Crippen LogP contribution in [0.3, 0.4) is 0 Å². The second-order valence-electron chi connectivity index (χ2n) is 8.38. The summed E-state index contributed by atoms with van der Waals surface area (Å²) in [4.78, 5) is 31.5. The number of hydrogen-bond acceptors (Lipinski definition) is 5. The molecular formula is C26H27Cl2N3O3S. The minimum atomic E-state index is -0.382. The number of halogens is 2. The van der Waals surface area contributed by atoms with E-state index in [1.54, 1.807) is 24.5 Å². The maximum Gasteiger partial charge on any atom is 0.256 e. The highest BCUT2D eigenvalue weighted by molar-refractivity contribution is 7.17. The van der Waals surface area contributed by atoms with Gasteiger partial charge in [0.2, 0.25) is 0 Å². The van der Waals surface area contributed by atoms with E-state index < -0.39 is 0 Å². The molecule has 2 aromatic heterocycles. The largest absolute Gasteiger partial charge is 0.490 e. The van der Waals surface area contributed by atoms with E-state index in [4.69, 9.17) is 27.9 Å². The zero-order chi connectivity index (χ0) is 24.8. The first-order chi connectivity index (χ1) is 17.0. The van der Waals surface area contributed by atoms with Crippen molar-refractivity contribution in [2.45, 2.75) is 52.0 Å². The van der Waals surface area contributed by atoms with Crippen molar-refractivity contribution in [1.29, 1.82) is 0 Å². The molecule has 1 aliphatic rings. The summed E-state index contributed by atoms with van der Waals surface area (Å²) in [6.45, 7) is 2.98. The van der Waals surface area contributed by atoms with Gasteiger partial charge in [-0.3, -0.25) is 14.6 Å². The number of rotatable bonds is 10.